The van der Waals surface area contributed by atoms with Crippen LogP contribution in [0.25, 0.3) is 0 Å². The number of hydrogen-bond acceptors (Lipinski definition) is 10. The predicted octanol–water partition coefficient (Wildman–Crippen LogP) is 1.44. The van der Waals surface area contributed by atoms with Crippen molar-refractivity contribution in [3.8, 4) is 0 Å². The molecule has 3 aromatic rings. The molecule has 33 heavy (non-hydrogen) atoms. The molecule has 3 atom stereocenters. The molecule has 176 valence electrons. The number of halogens is 1. The molecule has 0 amide bonds. The first kappa shape index (κ1) is 23.7. The van der Waals surface area contributed by atoms with Crippen molar-refractivity contribution in [2.75, 3.05) is 11.9 Å². The zero-order valence-electron chi connectivity index (χ0n) is 17.2. The molecule has 14 heteroatoms. The van der Waals surface area contributed by atoms with Crippen molar-refractivity contribution in [1.82, 2.24) is 19.7 Å². The van der Waals surface area contributed by atoms with Crippen LogP contribution in [0.1, 0.15) is 33.8 Å². The number of hydrogen-bond donors (Lipinski definition) is 3. The predicted molar refractivity (Wildman–Crippen MR) is 121 cm³/mol. The van der Waals surface area contributed by atoms with E-state index in [1.165, 1.54) is 23.9 Å². The summed E-state index contributed by atoms with van der Waals surface area (Å²) in [5.41, 5.74) is 0.474. The first-order valence-corrected chi connectivity index (χ1v) is 12.6. The Kier molecular flexibility index (Phi) is 7.07. The molecule has 1 aliphatic rings. The van der Waals surface area contributed by atoms with E-state index < -0.39 is 22.3 Å². The molecule has 3 heterocycles. The quantitative estimate of drug-likeness (QED) is 0.360. The highest BCUT2D eigenvalue weighted by molar-refractivity contribution is 7.84. The lowest BCUT2D eigenvalue weighted by atomic mass is 10.1. The van der Waals surface area contributed by atoms with Crippen molar-refractivity contribution >= 4 is 44.8 Å². The summed E-state index contributed by atoms with van der Waals surface area (Å²) in [7, 11) is -4.09. The molecule has 0 unspecified atom stereocenters. The van der Waals surface area contributed by atoms with Crippen molar-refractivity contribution < 1.29 is 22.5 Å². The van der Waals surface area contributed by atoms with Crippen LogP contribution in [0.2, 0.25) is 4.34 Å². The Hall–Kier alpha value is -2.42. The molecule has 11 nitrogen and oxygen atoms in total. The molecular weight excluding hydrogens is 492 g/mol. The van der Waals surface area contributed by atoms with Gasteiger partial charge in [-0.2, -0.15) is 13.5 Å². The van der Waals surface area contributed by atoms with Gasteiger partial charge >= 0.3 is 10.3 Å². The molecule has 3 aromatic heterocycles. The fourth-order valence-electron chi connectivity index (χ4n) is 3.69. The lowest BCUT2D eigenvalue weighted by Gasteiger charge is -2.15. The second kappa shape index (κ2) is 9.83. The minimum atomic E-state index is -4.09. The minimum Gasteiger partial charge on any atom is -0.393 e. The Morgan fingerprint density at radius 2 is 2.18 bits per heavy atom. The third-order valence-electron chi connectivity index (χ3n) is 5.22. The van der Waals surface area contributed by atoms with E-state index >= 15 is 0 Å². The summed E-state index contributed by atoms with van der Waals surface area (Å²) in [5.74, 6) is -0.475. The highest BCUT2D eigenvalue weighted by Crippen LogP contribution is 2.30. The number of aromatic nitrogens is 4. The average molecular weight is 513 g/mol. The summed E-state index contributed by atoms with van der Waals surface area (Å²) in [5, 5.41) is 22.6. The van der Waals surface area contributed by atoms with Crippen molar-refractivity contribution in [2.24, 2.45) is 11.1 Å². The molecule has 1 saturated carbocycles. The van der Waals surface area contributed by atoms with Crippen LogP contribution in [0.4, 0.5) is 5.82 Å². The van der Waals surface area contributed by atoms with Crippen LogP contribution in [0.3, 0.4) is 0 Å². The summed E-state index contributed by atoms with van der Waals surface area (Å²) < 4.78 is 29.0. The number of ketones is 1. The Morgan fingerprint density at radius 1 is 1.36 bits per heavy atom. The maximum atomic E-state index is 13.1. The van der Waals surface area contributed by atoms with E-state index in [9.17, 15) is 18.3 Å². The van der Waals surface area contributed by atoms with E-state index in [0.717, 1.165) is 4.88 Å². The number of nitrogens with zero attached hydrogens (tertiary/aromatic N) is 4. The number of anilines is 1. The second-order valence-electron chi connectivity index (χ2n) is 7.64. The number of nitrogens with two attached hydrogens (primary N) is 1. The number of rotatable bonds is 9. The lowest BCUT2D eigenvalue weighted by molar-refractivity contribution is 0.101. The lowest BCUT2D eigenvalue weighted by Crippen LogP contribution is -2.24. The van der Waals surface area contributed by atoms with E-state index in [1.54, 1.807) is 16.9 Å². The maximum absolute atomic E-state index is 13.1. The van der Waals surface area contributed by atoms with Gasteiger partial charge in [-0.15, -0.1) is 11.3 Å². The van der Waals surface area contributed by atoms with Crippen LogP contribution < -0.4 is 10.5 Å². The smallest absolute Gasteiger partial charge is 0.333 e. The zero-order chi connectivity index (χ0) is 23.6. The number of nitrogens with one attached hydrogen (secondary N) is 1. The second-order valence-corrected chi connectivity index (χ2v) is 10.7. The number of aliphatic hydroxyl groups is 1. The molecule has 4 rings (SSSR count). The number of carbonyl (C=O) groups excluding carboxylic acids is 1. The summed E-state index contributed by atoms with van der Waals surface area (Å²) >= 11 is 7.41. The minimum absolute atomic E-state index is 0.222. The largest absolute Gasteiger partial charge is 0.393 e. The molecular formula is C19H21ClN6O5S2. The van der Waals surface area contributed by atoms with Crippen LogP contribution in [0.15, 0.2) is 36.9 Å². The van der Waals surface area contributed by atoms with Gasteiger partial charge in [-0.05, 0) is 31.0 Å². The number of carbonyl (C=O) groups is 1. The topological polar surface area (TPSA) is 162 Å². The van der Waals surface area contributed by atoms with E-state index in [2.05, 4.69) is 24.6 Å². The molecule has 0 spiro atoms. The monoisotopic (exact) mass is 512 g/mol. The van der Waals surface area contributed by atoms with Crippen molar-refractivity contribution in [1.29, 1.82) is 0 Å². The van der Waals surface area contributed by atoms with Crippen molar-refractivity contribution in [2.45, 2.75) is 31.5 Å². The third kappa shape index (κ3) is 6.13. The van der Waals surface area contributed by atoms with Gasteiger partial charge in [0, 0.05) is 29.2 Å². The zero-order valence-corrected chi connectivity index (χ0v) is 19.6. The van der Waals surface area contributed by atoms with Gasteiger partial charge in [-0.25, -0.2) is 15.1 Å². The Bertz CT molecular complexity index is 1250. The molecule has 0 radical (unpaired) electrons. The normalized spacial score (nSPS) is 20.8. The molecule has 0 bridgehead atoms. The van der Waals surface area contributed by atoms with Crippen molar-refractivity contribution in [3.63, 3.8) is 0 Å². The molecule has 0 aromatic carbocycles. The van der Waals surface area contributed by atoms with E-state index in [0.29, 0.717) is 29.5 Å². The Morgan fingerprint density at radius 3 is 2.91 bits per heavy atom. The summed E-state index contributed by atoms with van der Waals surface area (Å²) in [6.45, 7) is 0.267. The van der Waals surface area contributed by atoms with E-state index in [1.807, 2.05) is 12.1 Å². The Balaban J connectivity index is 1.44. The van der Waals surface area contributed by atoms with Crippen LogP contribution in [0, 0.1) is 5.92 Å². The van der Waals surface area contributed by atoms with Crippen LogP contribution in [0.5, 0.6) is 0 Å². The van der Waals surface area contributed by atoms with Crippen LogP contribution >= 0.6 is 22.9 Å². The van der Waals surface area contributed by atoms with Gasteiger partial charge in [-0.3, -0.25) is 13.7 Å². The van der Waals surface area contributed by atoms with Gasteiger partial charge in [0.1, 0.15) is 17.8 Å². The molecule has 0 saturated heterocycles. The third-order valence-corrected chi connectivity index (χ3v) is 6.90. The van der Waals surface area contributed by atoms with Gasteiger partial charge in [-0.1, -0.05) is 11.6 Å². The number of aliphatic hydroxyl groups excluding tert-OH is 1. The van der Waals surface area contributed by atoms with E-state index in [4.69, 9.17) is 16.7 Å². The van der Waals surface area contributed by atoms with Crippen LogP contribution in [-0.4, -0.2) is 57.8 Å². The maximum Gasteiger partial charge on any atom is 0.333 e. The van der Waals surface area contributed by atoms with Crippen molar-refractivity contribution in [3.05, 3.63) is 57.4 Å². The fourth-order valence-corrected chi connectivity index (χ4v) is 5.14. The first-order chi connectivity index (χ1) is 15.7. The molecule has 4 N–H and O–H groups in total. The summed E-state index contributed by atoms with van der Waals surface area (Å²) in [4.78, 5) is 22.2. The highest BCUT2D eigenvalue weighted by Gasteiger charge is 2.34. The summed E-state index contributed by atoms with van der Waals surface area (Å²) in [6, 6.07) is 5.08. The average Bonchev–Trinajstić information content (AvgIpc) is 3.47. The fraction of sp³-hybridized carbons (Fsp3) is 0.368. The molecule has 0 aliphatic heterocycles. The Labute approximate surface area is 198 Å². The standard InChI is InChI=1S/C19H21ClN6O5S2/c20-17-2-1-13(32-17)8-26-4-3-15(25-26)18(28)14-7-22-10-23-19(14)24-12-5-11(16(27)6-12)9-31-33(21,29)30/h1-4,7,10-12,16,27H,5-6,8-9H2,(H2,21,29,30)(H,22,23,24)/t11-,12-,16+/m1/s1. The number of thiophene rings is 1. The van der Waals surface area contributed by atoms with Gasteiger partial charge in [0.05, 0.1) is 29.2 Å². The van der Waals surface area contributed by atoms with Crippen LogP contribution in [-0.2, 0) is 21.0 Å². The molecule has 1 fully saturated rings. The van der Waals surface area contributed by atoms with Gasteiger partial charge in [0.15, 0.2) is 0 Å². The highest BCUT2D eigenvalue weighted by atomic mass is 35.5. The van der Waals surface area contributed by atoms with Gasteiger partial charge in [0.25, 0.3) is 0 Å². The van der Waals surface area contributed by atoms with E-state index in [-0.39, 0.29) is 29.7 Å². The van der Waals surface area contributed by atoms with Gasteiger partial charge in [0.2, 0.25) is 5.78 Å². The van der Waals surface area contributed by atoms with Gasteiger partial charge < -0.3 is 10.4 Å². The first-order valence-electron chi connectivity index (χ1n) is 9.92. The summed E-state index contributed by atoms with van der Waals surface area (Å²) in [6.07, 6.45) is 4.38. The SMILES string of the molecule is NS(=O)(=O)OC[C@H]1C[C@@H](Nc2ncncc2C(=O)c2ccn(Cc3ccc(Cl)s3)n2)C[C@@H]1O. The molecule has 1 aliphatic carbocycles.